The molecule has 0 bridgehead atoms. The number of carbonyl (C=O) groups is 1. The molecule has 2 aromatic rings. The predicted molar refractivity (Wildman–Crippen MR) is 72.2 cm³/mol. The number of halogens is 1. The molecule has 0 saturated carbocycles. The molecule has 20 heavy (non-hydrogen) atoms. The third kappa shape index (κ3) is 1.87. The number of primary amides is 1. The zero-order valence-electron chi connectivity index (χ0n) is 10.2. The highest BCUT2D eigenvalue weighted by Gasteiger charge is 2.26. The van der Waals surface area contributed by atoms with Crippen molar-refractivity contribution in [1.82, 2.24) is 9.55 Å². The number of benzene rings is 1. The van der Waals surface area contributed by atoms with Gasteiger partial charge in [-0.15, -0.1) is 0 Å². The zero-order valence-corrected chi connectivity index (χ0v) is 10.9. The fraction of sp³-hybridized carbons (Fsp3) is 0.250. The molecule has 1 aliphatic heterocycles. The summed E-state index contributed by atoms with van der Waals surface area (Å²) < 4.78 is 6.77. The molecule has 0 aliphatic carbocycles. The van der Waals surface area contributed by atoms with Gasteiger partial charge in [-0.25, -0.2) is 0 Å². The lowest BCUT2D eigenvalue weighted by Gasteiger charge is -2.27. The summed E-state index contributed by atoms with van der Waals surface area (Å²) in [6, 6.07) is 2.48. The third-order valence-electron chi connectivity index (χ3n) is 3.18. The van der Waals surface area contributed by atoms with Gasteiger partial charge >= 0.3 is 11.1 Å². The van der Waals surface area contributed by atoms with Crippen molar-refractivity contribution in [3.05, 3.63) is 37.9 Å². The van der Waals surface area contributed by atoms with Crippen LogP contribution in [0.15, 0.2) is 21.7 Å². The molecule has 0 spiro atoms. The van der Waals surface area contributed by atoms with Gasteiger partial charge in [0.1, 0.15) is 17.9 Å². The Kier molecular flexibility index (Phi) is 2.79. The van der Waals surface area contributed by atoms with Crippen molar-refractivity contribution in [1.29, 1.82) is 0 Å². The van der Waals surface area contributed by atoms with E-state index in [9.17, 15) is 14.4 Å². The maximum absolute atomic E-state index is 12.1. The van der Waals surface area contributed by atoms with E-state index in [1.54, 1.807) is 6.07 Å². The quantitative estimate of drug-likeness (QED) is 0.769. The van der Waals surface area contributed by atoms with E-state index < -0.39 is 23.1 Å². The van der Waals surface area contributed by atoms with E-state index in [0.717, 1.165) is 0 Å². The first kappa shape index (κ1) is 12.7. The second kappa shape index (κ2) is 4.38. The minimum absolute atomic E-state index is 0.0781. The molecular formula is C12H10ClN3O4. The first-order valence-electron chi connectivity index (χ1n) is 5.86. The Morgan fingerprint density at radius 3 is 2.95 bits per heavy atom. The molecule has 0 saturated heterocycles. The molecule has 8 heteroatoms. The molecule has 3 N–H and O–H groups in total. The van der Waals surface area contributed by atoms with Crippen LogP contribution < -0.4 is 21.6 Å². The lowest BCUT2D eigenvalue weighted by molar-refractivity contribution is -0.119. The van der Waals surface area contributed by atoms with E-state index in [4.69, 9.17) is 22.1 Å². The highest BCUT2D eigenvalue weighted by Crippen LogP contribution is 2.33. The Morgan fingerprint density at radius 1 is 1.50 bits per heavy atom. The number of carbonyl (C=O) groups excluding carboxylic acids is 1. The topological polar surface area (TPSA) is 107 Å². The van der Waals surface area contributed by atoms with Crippen molar-refractivity contribution in [2.45, 2.75) is 12.5 Å². The van der Waals surface area contributed by atoms with Gasteiger partial charge in [-0.1, -0.05) is 11.6 Å². The molecule has 3 rings (SSSR count). The summed E-state index contributed by atoms with van der Waals surface area (Å²) in [7, 11) is 0. The normalized spacial score (nSPS) is 16.9. The van der Waals surface area contributed by atoms with Gasteiger partial charge in [-0.3, -0.25) is 19.0 Å². The number of ether oxygens (including phenoxy) is 1. The molecule has 1 atom stereocenters. The van der Waals surface area contributed by atoms with Gasteiger partial charge in [0.15, 0.2) is 0 Å². The van der Waals surface area contributed by atoms with E-state index in [1.165, 1.54) is 10.6 Å². The second-order valence-electron chi connectivity index (χ2n) is 4.56. The number of nitrogens with zero attached hydrogens (tertiary/aromatic N) is 1. The average Bonchev–Trinajstić information content (AvgIpc) is 2.36. The van der Waals surface area contributed by atoms with Crippen LogP contribution in [0, 0.1) is 0 Å². The monoisotopic (exact) mass is 295 g/mol. The second-order valence-corrected chi connectivity index (χ2v) is 5.00. The van der Waals surface area contributed by atoms with Crippen molar-refractivity contribution in [3.8, 4) is 5.75 Å². The van der Waals surface area contributed by atoms with E-state index >= 15 is 0 Å². The highest BCUT2D eigenvalue weighted by atomic mass is 35.5. The number of hydrogen-bond donors (Lipinski definition) is 2. The summed E-state index contributed by atoms with van der Waals surface area (Å²) in [4.78, 5) is 37.3. The Balaban J connectivity index is 2.39. The predicted octanol–water partition coefficient (Wildman–Crippen LogP) is 0.152. The van der Waals surface area contributed by atoms with Crippen LogP contribution in [0.3, 0.4) is 0 Å². The first-order chi connectivity index (χ1) is 9.47. The molecule has 1 unspecified atom stereocenters. The number of hydrogen-bond acceptors (Lipinski definition) is 4. The van der Waals surface area contributed by atoms with E-state index in [2.05, 4.69) is 4.98 Å². The van der Waals surface area contributed by atoms with Crippen LogP contribution in [0.5, 0.6) is 5.75 Å². The van der Waals surface area contributed by atoms with Crippen molar-refractivity contribution < 1.29 is 9.53 Å². The van der Waals surface area contributed by atoms with Crippen molar-refractivity contribution in [3.63, 3.8) is 0 Å². The summed E-state index contributed by atoms with van der Waals surface area (Å²) in [5.74, 6) is -0.182. The maximum Gasteiger partial charge on any atom is 0.317 e. The van der Waals surface area contributed by atoms with Crippen LogP contribution in [0.2, 0.25) is 5.02 Å². The van der Waals surface area contributed by atoms with E-state index in [-0.39, 0.29) is 13.0 Å². The number of aromatic nitrogens is 2. The minimum atomic E-state index is -0.776. The van der Waals surface area contributed by atoms with Crippen molar-refractivity contribution in [2.24, 2.45) is 5.73 Å². The third-order valence-corrected chi connectivity index (χ3v) is 3.39. The van der Waals surface area contributed by atoms with Crippen LogP contribution in [-0.4, -0.2) is 22.1 Å². The standard InChI is InChI=1S/C12H10ClN3O4/c13-5-1-7-10-8(2-5)20-4-6(3-9(14)17)16(10)12(19)11(18)15-7/h1-2,6H,3-4H2,(H2,14,17)(H,15,18). The maximum atomic E-state index is 12.1. The van der Waals surface area contributed by atoms with E-state index in [1.807, 2.05) is 0 Å². The molecule has 104 valence electrons. The molecule has 1 aromatic carbocycles. The highest BCUT2D eigenvalue weighted by molar-refractivity contribution is 6.31. The number of nitrogens with one attached hydrogen (secondary N) is 1. The molecule has 0 fully saturated rings. The largest absolute Gasteiger partial charge is 0.489 e. The Morgan fingerprint density at radius 2 is 2.25 bits per heavy atom. The minimum Gasteiger partial charge on any atom is -0.489 e. The van der Waals surface area contributed by atoms with Crippen LogP contribution in [0.4, 0.5) is 0 Å². The zero-order chi connectivity index (χ0) is 14.4. The summed E-state index contributed by atoms with van der Waals surface area (Å²) >= 11 is 5.93. The van der Waals surface area contributed by atoms with Gasteiger partial charge in [0.2, 0.25) is 5.91 Å². The fourth-order valence-electron chi connectivity index (χ4n) is 2.41. The summed E-state index contributed by atoms with van der Waals surface area (Å²) in [5.41, 5.74) is 4.44. The molecule has 0 radical (unpaired) electrons. The van der Waals surface area contributed by atoms with Crippen LogP contribution in [0.1, 0.15) is 12.5 Å². The molecule has 1 aromatic heterocycles. The van der Waals surface area contributed by atoms with Crippen molar-refractivity contribution >= 4 is 28.5 Å². The fourth-order valence-corrected chi connectivity index (χ4v) is 2.61. The van der Waals surface area contributed by atoms with Crippen LogP contribution >= 0.6 is 11.6 Å². The molecule has 7 nitrogen and oxygen atoms in total. The Bertz CT molecular complexity index is 839. The van der Waals surface area contributed by atoms with Crippen LogP contribution in [0.25, 0.3) is 11.0 Å². The number of nitrogens with two attached hydrogens (primary N) is 1. The number of aromatic amines is 1. The molecule has 1 amide bonds. The first-order valence-corrected chi connectivity index (χ1v) is 6.24. The van der Waals surface area contributed by atoms with Gasteiger partial charge in [0.05, 0.1) is 18.0 Å². The van der Waals surface area contributed by atoms with Gasteiger partial charge in [-0.05, 0) is 6.07 Å². The summed E-state index contributed by atoms with van der Waals surface area (Å²) in [5, 5.41) is 0.377. The Labute approximate surface area is 116 Å². The van der Waals surface area contributed by atoms with E-state index in [0.29, 0.717) is 21.8 Å². The van der Waals surface area contributed by atoms with Gasteiger partial charge in [0.25, 0.3) is 0 Å². The smallest absolute Gasteiger partial charge is 0.317 e. The molecule has 1 aliphatic rings. The number of rotatable bonds is 2. The van der Waals surface area contributed by atoms with Gasteiger partial charge < -0.3 is 15.5 Å². The SMILES string of the molecule is NC(=O)CC1COc2cc(Cl)cc3[nH]c(=O)c(=O)n1c23. The number of H-pyrrole nitrogens is 1. The van der Waals surface area contributed by atoms with Crippen molar-refractivity contribution in [2.75, 3.05) is 6.61 Å². The van der Waals surface area contributed by atoms with Gasteiger partial charge in [-0.2, -0.15) is 0 Å². The molecular weight excluding hydrogens is 286 g/mol. The summed E-state index contributed by atoms with van der Waals surface area (Å²) in [6.07, 6.45) is -0.0828. The van der Waals surface area contributed by atoms with Crippen LogP contribution in [-0.2, 0) is 4.79 Å². The summed E-state index contributed by atoms with van der Waals surface area (Å²) in [6.45, 7) is 0.0781. The lowest BCUT2D eigenvalue weighted by Crippen LogP contribution is -2.42. The van der Waals surface area contributed by atoms with Gasteiger partial charge in [0, 0.05) is 11.1 Å². The Hall–Kier alpha value is -2.28. The number of amides is 1. The molecule has 2 heterocycles. The lowest BCUT2D eigenvalue weighted by atomic mass is 10.1. The average molecular weight is 296 g/mol.